The number of fused-ring (bicyclic) bond motifs is 1. The van der Waals surface area contributed by atoms with E-state index in [2.05, 4.69) is 47.0 Å². The minimum Gasteiger partial charge on any atom is -0.371 e. The topological polar surface area (TPSA) is 36.4 Å². The summed E-state index contributed by atoms with van der Waals surface area (Å²) >= 11 is 5.99. The number of hydrogen-bond acceptors (Lipinski definition) is 2. The maximum atomic E-state index is 5.99. The third kappa shape index (κ3) is 4.65. The van der Waals surface area contributed by atoms with Gasteiger partial charge >= 0.3 is 0 Å². The van der Waals surface area contributed by atoms with Crippen molar-refractivity contribution in [2.45, 2.75) is 64.5 Å². The average Bonchev–Trinajstić information content (AvgIpc) is 2.95. The van der Waals surface area contributed by atoms with E-state index < -0.39 is 0 Å². The zero-order valence-corrected chi connectivity index (χ0v) is 17.1. The zero-order chi connectivity index (χ0) is 19.1. The van der Waals surface area contributed by atoms with Crippen molar-refractivity contribution in [3.05, 3.63) is 59.1 Å². The number of amidine groups is 1. The van der Waals surface area contributed by atoms with E-state index in [9.17, 15) is 0 Å². The van der Waals surface area contributed by atoms with Crippen LogP contribution in [0, 0.1) is 0 Å². The molecular formula is C23H30ClN3. The fourth-order valence-corrected chi connectivity index (χ4v) is 4.04. The zero-order valence-electron chi connectivity index (χ0n) is 16.4. The van der Waals surface area contributed by atoms with Gasteiger partial charge in [-0.05, 0) is 42.7 Å². The first-order valence-corrected chi connectivity index (χ1v) is 10.6. The van der Waals surface area contributed by atoms with Crippen molar-refractivity contribution in [2.75, 3.05) is 10.6 Å². The molecule has 0 radical (unpaired) electrons. The van der Waals surface area contributed by atoms with Gasteiger partial charge in [-0.1, -0.05) is 75.4 Å². The first kappa shape index (κ1) is 19.8. The van der Waals surface area contributed by atoms with Gasteiger partial charge in [0.15, 0.2) is 0 Å². The SMILES string of the molecule is CC.Clc1ccc(CN=C2Nc3ccccc3NC23CCCCCC3)cc1. The lowest BCUT2D eigenvalue weighted by Crippen LogP contribution is -2.52. The van der Waals surface area contributed by atoms with E-state index in [-0.39, 0.29) is 5.54 Å². The predicted molar refractivity (Wildman–Crippen MR) is 118 cm³/mol. The molecule has 1 aliphatic carbocycles. The number of aliphatic imine (C=N–C) groups is 1. The van der Waals surface area contributed by atoms with Gasteiger partial charge in [0, 0.05) is 5.02 Å². The van der Waals surface area contributed by atoms with Crippen molar-refractivity contribution in [2.24, 2.45) is 4.99 Å². The second kappa shape index (κ2) is 9.27. The third-order valence-corrected chi connectivity index (χ3v) is 5.55. The highest BCUT2D eigenvalue weighted by atomic mass is 35.5. The van der Waals surface area contributed by atoms with E-state index in [1.165, 1.54) is 36.9 Å². The Labute approximate surface area is 168 Å². The highest BCUT2D eigenvalue weighted by Crippen LogP contribution is 2.38. The lowest BCUT2D eigenvalue weighted by Gasteiger charge is -2.41. The lowest BCUT2D eigenvalue weighted by molar-refractivity contribution is 0.524. The van der Waals surface area contributed by atoms with Gasteiger partial charge in [0.05, 0.1) is 23.5 Å². The summed E-state index contributed by atoms with van der Waals surface area (Å²) in [5.74, 6) is 1.09. The van der Waals surface area contributed by atoms with Gasteiger partial charge in [0.2, 0.25) is 0 Å². The van der Waals surface area contributed by atoms with Crippen LogP contribution in [0.2, 0.25) is 5.02 Å². The van der Waals surface area contributed by atoms with Gasteiger partial charge < -0.3 is 10.6 Å². The largest absolute Gasteiger partial charge is 0.371 e. The van der Waals surface area contributed by atoms with E-state index in [0.29, 0.717) is 6.54 Å². The Morgan fingerprint density at radius 1 is 0.889 bits per heavy atom. The summed E-state index contributed by atoms with van der Waals surface area (Å²) < 4.78 is 0. The predicted octanol–water partition coefficient (Wildman–Crippen LogP) is 6.90. The van der Waals surface area contributed by atoms with Crippen LogP contribution in [-0.4, -0.2) is 11.4 Å². The molecule has 2 N–H and O–H groups in total. The van der Waals surface area contributed by atoms with Crippen LogP contribution < -0.4 is 10.6 Å². The Hall–Kier alpha value is -2.00. The third-order valence-electron chi connectivity index (χ3n) is 5.30. The molecule has 2 aliphatic rings. The second-order valence-electron chi connectivity index (χ2n) is 7.08. The lowest BCUT2D eigenvalue weighted by atomic mass is 9.86. The molecule has 0 atom stereocenters. The van der Waals surface area contributed by atoms with Crippen molar-refractivity contribution in [1.29, 1.82) is 0 Å². The number of benzene rings is 2. The molecule has 4 rings (SSSR count). The molecule has 2 aromatic carbocycles. The Bertz CT molecular complexity index is 759. The Balaban J connectivity index is 0.00000102. The van der Waals surface area contributed by atoms with E-state index in [4.69, 9.17) is 16.6 Å². The first-order valence-electron chi connectivity index (χ1n) is 10.2. The van der Waals surface area contributed by atoms with Crippen LogP contribution >= 0.6 is 11.6 Å². The number of halogens is 1. The van der Waals surface area contributed by atoms with Crippen LogP contribution in [0.1, 0.15) is 57.9 Å². The molecule has 1 aliphatic heterocycles. The Morgan fingerprint density at radius 3 is 2.19 bits per heavy atom. The summed E-state index contributed by atoms with van der Waals surface area (Å²) in [5, 5.41) is 8.23. The summed E-state index contributed by atoms with van der Waals surface area (Å²) in [4.78, 5) is 5.00. The quantitative estimate of drug-likeness (QED) is 0.591. The number of nitrogens with one attached hydrogen (secondary N) is 2. The fraction of sp³-hybridized carbons (Fsp3) is 0.435. The molecule has 0 unspecified atom stereocenters. The highest BCUT2D eigenvalue weighted by molar-refractivity contribution is 6.30. The minimum atomic E-state index is -0.0583. The molecule has 3 nitrogen and oxygen atoms in total. The molecule has 1 heterocycles. The molecule has 4 heteroatoms. The van der Waals surface area contributed by atoms with Crippen molar-refractivity contribution >= 4 is 28.8 Å². The Kier molecular flexibility index (Phi) is 6.78. The molecule has 0 bridgehead atoms. The van der Waals surface area contributed by atoms with Gasteiger partial charge in [0.1, 0.15) is 5.84 Å². The van der Waals surface area contributed by atoms with Crippen LogP contribution in [0.15, 0.2) is 53.5 Å². The molecule has 1 spiro atoms. The molecule has 144 valence electrons. The normalized spacial score (nSPS) is 19.1. The summed E-state index contributed by atoms with van der Waals surface area (Å²) in [6.07, 6.45) is 7.39. The van der Waals surface area contributed by atoms with E-state index in [1.807, 2.05) is 26.0 Å². The minimum absolute atomic E-state index is 0.0583. The fourth-order valence-electron chi connectivity index (χ4n) is 3.91. The molecule has 27 heavy (non-hydrogen) atoms. The average molecular weight is 384 g/mol. The molecular weight excluding hydrogens is 354 g/mol. The first-order chi connectivity index (χ1) is 13.3. The summed E-state index contributed by atoms with van der Waals surface area (Å²) in [5.41, 5.74) is 3.43. The molecule has 1 fully saturated rings. The maximum absolute atomic E-state index is 5.99. The summed E-state index contributed by atoms with van der Waals surface area (Å²) in [6.45, 7) is 4.67. The molecule has 0 amide bonds. The van der Waals surface area contributed by atoms with E-state index in [1.54, 1.807) is 0 Å². The smallest absolute Gasteiger partial charge is 0.127 e. The van der Waals surface area contributed by atoms with Gasteiger partial charge in [-0.2, -0.15) is 0 Å². The van der Waals surface area contributed by atoms with Crippen molar-refractivity contribution in [3.63, 3.8) is 0 Å². The molecule has 0 aromatic heterocycles. The Morgan fingerprint density at radius 2 is 1.52 bits per heavy atom. The van der Waals surface area contributed by atoms with E-state index in [0.717, 1.165) is 29.4 Å². The van der Waals surface area contributed by atoms with Crippen LogP contribution in [-0.2, 0) is 6.54 Å². The van der Waals surface area contributed by atoms with Crippen molar-refractivity contribution in [1.82, 2.24) is 0 Å². The number of hydrogen-bond donors (Lipinski definition) is 2. The number of nitrogens with zero attached hydrogens (tertiary/aromatic N) is 1. The molecule has 2 aromatic rings. The van der Waals surface area contributed by atoms with Gasteiger partial charge in [-0.25, -0.2) is 0 Å². The molecule has 0 saturated heterocycles. The summed E-state index contributed by atoms with van der Waals surface area (Å²) in [6, 6.07) is 16.4. The highest BCUT2D eigenvalue weighted by Gasteiger charge is 2.39. The monoisotopic (exact) mass is 383 g/mol. The van der Waals surface area contributed by atoms with Crippen LogP contribution in [0.3, 0.4) is 0 Å². The second-order valence-corrected chi connectivity index (χ2v) is 7.52. The van der Waals surface area contributed by atoms with Crippen LogP contribution in [0.5, 0.6) is 0 Å². The van der Waals surface area contributed by atoms with Gasteiger partial charge in [-0.3, -0.25) is 4.99 Å². The number of para-hydroxylation sites is 2. The van der Waals surface area contributed by atoms with E-state index >= 15 is 0 Å². The standard InChI is InChI=1S/C21H24ClN3.C2H6/c22-17-11-9-16(10-12-17)15-23-20-21(13-5-1-2-6-14-21)25-19-8-4-3-7-18(19)24-20;1-2/h3-4,7-12,25H,1-2,5-6,13-15H2,(H,23,24);1-2H3. The number of anilines is 2. The molecule has 1 saturated carbocycles. The number of rotatable bonds is 2. The van der Waals surface area contributed by atoms with Crippen LogP contribution in [0.4, 0.5) is 11.4 Å². The van der Waals surface area contributed by atoms with Gasteiger partial charge in [0.25, 0.3) is 0 Å². The maximum Gasteiger partial charge on any atom is 0.127 e. The van der Waals surface area contributed by atoms with Crippen LogP contribution in [0.25, 0.3) is 0 Å². The van der Waals surface area contributed by atoms with Crippen molar-refractivity contribution in [3.8, 4) is 0 Å². The van der Waals surface area contributed by atoms with Crippen molar-refractivity contribution < 1.29 is 0 Å². The van der Waals surface area contributed by atoms with Gasteiger partial charge in [-0.15, -0.1) is 0 Å². The summed E-state index contributed by atoms with van der Waals surface area (Å²) in [7, 11) is 0.